The van der Waals surface area contributed by atoms with Gasteiger partial charge in [-0.05, 0) is 25.0 Å². The largest absolute Gasteiger partial charge is 0.397 e. The number of benzene rings is 1. The van der Waals surface area contributed by atoms with Gasteiger partial charge in [-0.1, -0.05) is 12.1 Å². The highest BCUT2D eigenvalue weighted by molar-refractivity contribution is 7.89. The molecule has 1 rings (SSSR count). The number of nitrogens with one attached hydrogen (secondary N) is 1. The van der Waals surface area contributed by atoms with Gasteiger partial charge < -0.3 is 10.8 Å². The Morgan fingerprint density at radius 3 is 2.37 bits per heavy atom. The predicted molar refractivity (Wildman–Crippen MR) is 67.5 cm³/mol. The van der Waals surface area contributed by atoms with Crippen LogP contribution in [0, 0.1) is 13.8 Å². The first-order valence-corrected chi connectivity index (χ1v) is 6.93. The summed E-state index contributed by atoms with van der Waals surface area (Å²) in [6.45, 7) is 0.529. The Balaban J connectivity index is 3.12. The van der Waals surface area contributed by atoms with E-state index >= 15 is 0 Å². The first kappa shape index (κ1) is 15.8. The van der Waals surface area contributed by atoms with Gasteiger partial charge in [-0.15, -0.1) is 0 Å². The minimum absolute atomic E-state index is 0.0276. The molecule has 0 amide bonds. The van der Waals surface area contributed by atoms with E-state index in [2.05, 4.69) is 0 Å². The molecule has 5 nitrogen and oxygen atoms in total. The molecule has 0 aliphatic carbocycles. The van der Waals surface area contributed by atoms with Crippen molar-refractivity contribution in [1.29, 1.82) is 0 Å². The van der Waals surface area contributed by atoms with Crippen LogP contribution in [0.15, 0.2) is 17.0 Å². The van der Waals surface area contributed by atoms with Gasteiger partial charge in [0.1, 0.15) is 11.5 Å². The predicted octanol–water partition coefficient (Wildman–Crippen LogP) is 0.792. The summed E-state index contributed by atoms with van der Waals surface area (Å²) in [5, 5.41) is 8.41. The molecule has 0 spiro atoms. The van der Waals surface area contributed by atoms with Crippen molar-refractivity contribution in [3.63, 3.8) is 0 Å². The lowest BCUT2D eigenvalue weighted by molar-refractivity contribution is -0.0437. The number of anilines is 1. The van der Waals surface area contributed by atoms with Crippen LogP contribution in [-0.2, 0) is 10.0 Å². The summed E-state index contributed by atoms with van der Waals surface area (Å²) in [6, 6.07) is 3.19. The molecule has 0 aliphatic rings. The van der Waals surface area contributed by atoms with Gasteiger partial charge in [0, 0.05) is 0 Å². The van der Waals surface area contributed by atoms with E-state index in [4.69, 9.17) is 10.8 Å². The van der Waals surface area contributed by atoms with Crippen molar-refractivity contribution < 1.29 is 22.3 Å². The second kappa shape index (κ2) is 5.40. The lowest BCUT2D eigenvalue weighted by atomic mass is 10.1. The quantitative estimate of drug-likeness (QED) is 0.700. The highest BCUT2D eigenvalue weighted by atomic mass is 32.2. The number of aliphatic hydroxyl groups is 1. The number of nitrogens with two attached hydrogens (primary N) is 1. The van der Waals surface area contributed by atoms with E-state index in [0.717, 1.165) is 0 Å². The molecule has 0 fully saturated rings. The van der Waals surface area contributed by atoms with Crippen LogP contribution in [0.3, 0.4) is 0 Å². The fourth-order valence-electron chi connectivity index (χ4n) is 1.49. The van der Waals surface area contributed by atoms with Gasteiger partial charge in [-0.2, -0.15) is 0 Å². The molecule has 0 atom stereocenters. The SMILES string of the molecule is Cc1ccc(C)c(S(=O)(=O)NCC(F)(F)CO)c1N. The van der Waals surface area contributed by atoms with E-state index in [1.165, 1.54) is 6.92 Å². The van der Waals surface area contributed by atoms with Crippen LogP contribution in [0.25, 0.3) is 0 Å². The normalized spacial score (nSPS) is 12.7. The van der Waals surface area contributed by atoms with Gasteiger partial charge >= 0.3 is 0 Å². The molecule has 4 N–H and O–H groups in total. The van der Waals surface area contributed by atoms with Gasteiger partial charge in [0.25, 0.3) is 5.92 Å². The van der Waals surface area contributed by atoms with Crippen molar-refractivity contribution >= 4 is 15.7 Å². The molecule has 0 unspecified atom stereocenters. The maximum Gasteiger partial charge on any atom is 0.283 e. The zero-order valence-electron chi connectivity index (χ0n) is 10.6. The molecule has 1 aromatic rings. The maximum atomic E-state index is 12.9. The minimum atomic E-state index is -4.15. The summed E-state index contributed by atoms with van der Waals surface area (Å²) < 4.78 is 51.5. The van der Waals surface area contributed by atoms with Crippen LogP contribution in [0.2, 0.25) is 0 Å². The number of alkyl halides is 2. The molecule has 0 radical (unpaired) electrons. The molecule has 19 heavy (non-hydrogen) atoms. The third kappa shape index (κ3) is 3.62. The zero-order valence-corrected chi connectivity index (χ0v) is 11.4. The van der Waals surface area contributed by atoms with Crippen LogP contribution in [0.4, 0.5) is 14.5 Å². The molecule has 8 heteroatoms. The number of hydrogen-bond acceptors (Lipinski definition) is 4. The number of nitrogen functional groups attached to an aromatic ring is 1. The summed E-state index contributed by atoms with van der Waals surface area (Å²) in [6.07, 6.45) is 0. The molecule has 0 saturated heterocycles. The van der Waals surface area contributed by atoms with Gasteiger partial charge in [0.05, 0.1) is 12.2 Å². The summed E-state index contributed by atoms with van der Waals surface area (Å²) >= 11 is 0. The summed E-state index contributed by atoms with van der Waals surface area (Å²) in [7, 11) is -4.15. The summed E-state index contributed by atoms with van der Waals surface area (Å²) in [5.41, 5.74) is 6.62. The fraction of sp³-hybridized carbons (Fsp3) is 0.455. The Labute approximate surface area is 110 Å². The van der Waals surface area contributed by atoms with Crippen LogP contribution < -0.4 is 10.5 Å². The van der Waals surface area contributed by atoms with Crippen LogP contribution in [-0.4, -0.2) is 32.6 Å². The molecule has 108 valence electrons. The second-order valence-electron chi connectivity index (χ2n) is 4.28. The Morgan fingerprint density at radius 1 is 1.32 bits per heavy atom. The zero-order chi connectivity index (χ0) is 14.8. The van der Waals surface area contributed by atoms with E-state index in [-0.39, 0.29) is 10.6 Å². The molecule has 0 aromatic heterocycles. The summed E-state index contributed by atoms with van der Waals surface area (Å²) in [5.74, 6) is -3.51. The van der Waals surface area contributed by atoms with Gasteiger partial charge in [0.15, 0.2) is 0 Å². The average Bonchev–Trinajstić information content (AvgIpc) is 2.32. The smallest absolute Gasteiger partial charge is 0.283 e. The first-order valence-electron chi connectivity index (χ1n) is 5.45. The second-order valence-corrected chi connectivity index (χ2v) is 5.98. The van der Waals surface area contributed by atoms with Crippen molar-refractivity contribution in [2.45, 2.75) is 24.7 Å². The molecular formula is C11H16F2N2O3S. The third-order valence-corrected chi connectivity index (χ3v) is 4.24. The fourth-order valence-corrected chi connectivity index (χ4v) is 2.98. The Morgan fingerprint density at radius 2 is 1.84 bits per heavy atom. The van der Waals surface area contributed by atoms with Crippen molar-refractivity contribution in [2.75, 3.05) is 18.9 Å². The number of sulfonamides is 1. The van der Waals surface area contributed by atoms with Crippen LogP contribution in [0.5, 0.6) is 0 Å². The number of rotatable bonds is 5. The van der Waals surface area contributed by atoms with E-state index in [0.29, 0.717) is 11.1 Å². The Hall–Kier alpha value is -1.25. The number of halogens is 2. The minimum Gasteiger partial charge on any atom is -0.397 e. The lowest BCUT2D eigenvalue weighted by Gasteiger charge is -2.17. The molecule has 1 aromatic carbocycles. The third-order valence-electron chi connectivity index (χ3n) is 2.63. The van der Waals surface area contributed by atoms with Crippen molar-refractivity contribution in [1.82, 2.24) is 4.72 Å². The summed E-state index contributed by atoms with van der Waals surface area (Å²) in [4.78, 5) is -0.207. The molecule has 0 bridgehead atoms. The van der Waals surface area contributed by atoms with Gasteiger partial charge in [-0.25, -0.2) is 21.9 Å². The monoisotopic (exact) mass is 294 g/mol. The topological polar surface area (TPSA) is 92.4 Å². The first-order chi connectivity index (χ1) is 8.60. The Bertz CT molecular complexity index is 574. The highest BCUT2D eigenvalue weighted by Crippen LogP contribution is 2.26. The number of hydrogen-bond donors (Lipinski definition) is 3. The Kier molecular flexibility index (Phi) is 4.49. The van der Waals surface area contributed by atoms with E-state index in [9.17, 15) is 17.2 Å². The standard InChI is InChI=1S/C11H16F2N2O3S/c1-7-3-4-8(2)10(9(7)14)19(17,18)15-5-11(12,13)6-16/h3-4,15-16H,5-6,14H2,1-2H3. The van der Waals surface area contributed by atoms with Crippen LogP contribution in [0.1, 0.15) is 11.1 Å². The molecule has 0 aliphatic heterocycles. The van der Waals surface area contributed by atoms with E-state index in [1.54, 1.807) is 23.8 Å². The van der Waals surface area contributed by atoms with E-state index in [1.807, 2.05) is 0 Å². The maximum absolute atomic E-state index is 12.9. The number of aryl methyl sites for hydroxylation is 2. The van der Waals surface area contributed by atoms with Gasteiger partial charge in [0.2, 0.25) is 10.0 Å². The molecular weight excluding hydrogens is 278 g/mol. The van der Waals surface area contributed by atoms with Crippen molar-refractivity contribution in [3.8, 4) is 0 Å². The van der Waals surface area contributed by atoms with Crippen molar-refractivity contribution in [3.05, 3.63) is 23.3 Å². The van der Waals surface area contributed by atoms with Crippen molar-refractivity contribution in [2.24, 2.45) is 0 Å². The molecule has 0 heterocycles. The lowest BCUT2D eigenvalue weighted by Crippen LogP contribution is -2.39. The van der Waals surface area contributed by atoms with Crippen LogP contribution >= 0.6 is 0 Å². The highest BCUT2D eigenvalue weighted by Gasteiger charge is 2.31. The number of aliphatic hydroxyl groups excluding tert-OH is 1. The average molecular weight is 294 g/mol. The van der Waals surface area contributed by atoms with Gasteiger partial charge in [-0.3, -0.25) is 0 Å². The molecule has 0 saturated carbocycles. The van der Waals surface area contributed by atoms with E-state index < -0.39 is 29.1 Å².